The van der Waals surface area contributed by atoms with Crippen LogP contribution in [0.4, 0.5) is 21.8 Å². The van der Waals surface area contributed by atoms with Gasteiger partial charge in [0.15, 0.2) is 17.5 Å². The van der Waals surface area contributed by atoms with E-state index in [9.17, 15) is 4.39 Å². The number of hydrogen-bond acceptors (Lipinski definition) is 25. The first kappa shape index (κ1) is 103. The molecule has 756 valence electrons. The second kappa shape index (κ2) is 43.4. The number of halogens is 4. The van der Waals surface area contributed by atoms with Gasteiger partial charge in [-0.3, -0.25) is 29.0 Å². The van der Waals surface area contributed by atoms with Crippen LogP contribution in [0.15, 0.2) is 136 Å². The lowest BCUT2D eigenvalue weighted by atomic mass is 9.89. The number of aliphatic imine (C=N–C) groups is 3. The normalized spacial score (nSPS) is 13.1. The van der Waals surface area contributed by atoms with E-state index in [4.69, 9.17) is 59.6 Å². The monoisotopic (exact) mass is 2130 g/mol. The molecule has 32 heteroatoms. The number of nitrogens with one attached hydrogen (secondary N) is 6. The van der Waals surface area contributed by atoms with E-state index >= 15 is 0 Å². The Kier molecular flexibility index (Phi) is 30.5. The molecular weight excluding hydrogens is 2010 g/mol. The van der Waals surface area contributed by atoms with Crippen molar-refractivity contribution in [2.24, 2.45) is 42.0 Å². The quantitative estimate of drug-likeness (QED) is 0.0526. The predicted octanol–water partition coefficient (Wildman–Crippen LogP) is 29.5. The fraction of sp³-hybridized carbons (Fsp3) is 0.322. The fourth-order valence-electron chi connectivity index (χ4n) is 20.5. The SMILES string of the molecule is COc1ccc(CNC2=NCc3c2sc2nc(C)c(Cl)c(C)c32)cc1.Cc1cc(C)c2c(n1)sc1c(NCc3ccc(F)c(C)c3)nn(C)c12.Cc1cc(C)cc(CNC2=NCc3c2sc2nc(C)c(Cl)c(C)c32)c1.Cc1cc(C)cc(CNc2nn(C)c3c2sc2nc(C)ccc23)c1.Cc1ccc(CNc2nn(C)c3c2sc2nc(C)cc(C)c23)c(C)c1.Cc1nc2sc3c(c2c(C)c1Cl)CN=C3NCC1CCCCC1. The minimum absolute atomic E-state index is 0.176. The number of fused-ring (bicyclic) bond motifs is 18. The Labute approximate surface area is 895 Å². The van der Waals surface area contributed by atoms with Gasteiger partial charge in [0.05, 0.1) is 104 Å². The van der Waals surface area contributed by atoms with Gasteiger partial charge in [-0.2, -0.15) is 15.3 Å². The average Bonchev–Trinajstić information content (AvgIpc) is 1.61. The summed E-state index contributed by atoms with van der Waals surface area (Å²) in [5, 5.41) is 44.5. The van der Waals surface area contributed by atoms with Crippen molar-refractivity contribution in [2.45, 2.75) is 209 Å². The molecule has 20 aromatic rings. The van der Waals surface area contributed by atoms with Gasteiger partial charge >= 0.3 is 0 Å². The van der Waals surface area contributed by atoms with Gasteiger partial charge in [0, 0.05) is 127 Å². The van der Waals surface area contributed by atoms with E-state index in [1.165, 1.54) is 183 Å². The highest BCUT2D eigenvalue weighted by Crippen LogP contribution is 2.47. The largest absolute Gasteiger partial charge is 0.497 e. The maximum atomic E-state index is 13.4. The number of aromatic nitrogens is 12. The molecule has 3 aliphatic heterocycles. The summed E-state index contributed by atoms with van der Waals surface area (Å²) in [5.41, 5.74) is 33.4. The summed E-state index contributed by atoms with van der Waals surface area (Å²) < 4.78 is 27.9. The van der Waals surface area contributed by atoms with Crippen molar-refractivity contribution < 1.29 is 9.13 Å². The zero-order valence-electron chi connectivity index (χ0n) is 87.1. The zero-order valence-corrected chi connectivity index (χ0v) is 94.3. The van der Waals surface area contributed by atoms with Crippen LogP contribution in [0.2, 0.25) is 15.1 Å². The van der Waals surface area contributed by atoms with Crippen molar-refractivity contribution in [1.29, 1.82) is 0 Å². The number of ether oxygens (including phenoxy) is 1. The van der Waals surface area contributed by atoms with E-state index in [1.807, 2.05) is 88.0 Å². The summed E-state index contributed by atoms with van der Waals surface area (Å²) in [5.74, 6) is 7.22. The van der Waals surface area contributed by atoms with Crippen molar-refractivity contribution in [3.8, 4) is 5.75 Å². The Hall–Kier alpha value is -12.4. The van der Waals surface area contributed by atoms with Crippen LogP contribution >= 0.6 is 103 Å². The first-order valence-electron chi connectivity index (χ1n) is 49.7. The number of pyridine rings is 6. The van der Waals surface area contributed by atoms with Gasteiger partial charge in [-0.25, -0.2) is 34.3 Å². The number of nitrogens with zero attached hydrogens (tertiary/aromatic N) is 15. The third-order valence-corrected chi connectivity index (χ3v) is 36.0. The van der Waals surface area contributed by atoms with E-state index < -0.39 is 0 Å². The highest BCUT2D eigenvalue weighted by Gasteiger charge is 2.31. The van der Waals surface area contributed by atoms with Gasteiger partial charge < -0.3 is 36.6 Å². The summed E-state index contributed by atoms with van der Waals surface area (Å²) in [7, 11) is 7.64. The van der Waals surface area contributed by atoms with Crippen molar-refractivity contribution in [3.63, 3.8) is 0 Å². The molecule has 0 atom stereocenters. The van der Waals surface area contributed by atoms with Crippen molar-refractivity contribution in [2.75, 3.05) is 29.6 Å². The molecule has 0 radical (unpaired) electrons. The van der Waals surface area contributed by atoms with Crippen LogP contribution in [0.5, 0.6) is 5.75 Å². The van der Waals surface area contributed by atoms with Crippen molar-refractivity contribution >= 4 is 230 Å². The first-order chi connectivity index (χ1) is 70.5. The molecule has 15 aromatic heterocycles. The highest BCUT2D eigenvalue weighted by molar-refractivity contribution is 7.27. The van der Waals surface area contributed by atoms with Gasteiger partial charge in [0.25, 0.3) is 0 Å². The van der Waals surface area contributed by atoms with Gasteiger partial charge in [-0.05, 0) is 253 Å². The minimum Gasteiger partial charge on any atom is -0.497 e. The lowest BCUT2D eigenvalue weighted by Crippen LogP contribution is -2.29. The van der Waals surface area contributed by atoms with E-state index in [-0.39, 0.29) is 5.82 Å². The third kappa shape index (κ3) is 21.6. The Morgan fingerprint density at radius 1 is 0.354 bits per heavy atom. The standard InChI is InChI=1S/C20H20ClN3S.C20H22N4S.C19H18ClN3OS.C19H19FN4S.C19H20N4S.C18H22ClN3S/c1-10-5-11(2)7-14(6-10)8-22-19-18-15(9-23-19)16-12(3)17(21)13(4)24-20(16)25-18;1-11-6-7-15(12(2)8-11)10-21-19-18-17(24(5)23-19)16-13(3)9-14(4)22-20(16)25-18;1-10-15-14-9-22-18(17(14)25-19(15)23-11(2)16(10)20)21-8-12-4-6-13(24-3)7-5-12;1-10-8-13(5-6-14(10)20)9-21-18-17-16(24(4)23-18)15-11(2)7-12(3)22-19(15)25-17;1-11-7-12(2)9-14(8-11)10-20-18-17-16(23(4)22-18)15-6-5-13(3)21-19(15)24-17;1-10-14-13-9-21-17(20-8-12-6-4-3-5-7-12)16(13)23-18(14)22-11(2)15(10)19/h5-7H,8-9H2,1-4H3,(H,22,23);6-9H,10H2,1-5H3,(H,21,23);4-7H,8-9H2,1-3H3,(H,21,22);5-8H,9H2,1-4H3,(H,21,23);5-9H,10H2,1-4H3,(H,20,22);12H,3-9H2,1-2H3,(H,20,21). The molecule has 6 N–H and O–H groups in total. The highest BCUT2D eigenvalue weighted by atomic mass is 35.5. The number of amidine groups is 3. The Bertz CT molecular complexity index is 8610. The molecule has 1 saturated carbocycles. The van der Waals surface area contributed by atoms with E-state index in [2.05, 4.69) is 246 Å². The molecule has 0 bridgehead atoms. The van der Waals surface area contributed by atoms with Crippen LogP contribution in [0.1, 0.15) is 192 Å². The second-order valence-electron chi connectivity index (χ2n) is 39.3. The lowest BCUT2D eigenvalue weighted by Gasteiger charge is -2.22. The Morgan fingerprint density at radius 3 is 1.21 bits per heavy atom. The van der Waals surface area contributed by atoms with Crippen LogP contribution < -0.4 is 36.6 Å². The second-order valence-corrected chi connectivity index (χ2v) is 46.4. The molecule has 0 saturated heterocycles. The Balaban J connectivity index is 0.000000111. The maximum absolute atomic E-state index is 13.4. The molecular formula is C115H121Cl3FN21OS6. The predicted molar refractivity (Wildman–Crippen MR) is 621 cm³/mol. The van der Waals surface area contributed by atoms with E-state index in [1.54, 1.807) is 88.1 Å². The molecule has 22 nitrogen and oxygen atoms in total. The van der Waals surface area contributed by atoms with Crippen LogP contribution in [-0.2, 0) is 73.5 Å². The molecule has 18 heterocycles. The summed E-state index contributed by atoms with van der Waals surface area (Å²) >= 11 is 29.5. The van der Waals surface area contributed by atoms with E-state index in [0.717, 1.165) is 202 Å². The number of aryl methyl sites for hydroxylation is 21. The first-order valence-corrected chi connectivity index (χ1v) is 55.7. The fourth-order valence-corrected chi connectivity index (χ4v) is 28.5. The van der Waals surface area contributed by atoms with Gasteiger partial charge in [-0.1, -0.05) is 161 Å². The molecule has 24 rings (SSSR count). The molecule has 0 amide bonds. The maximum Gasteiger partial charge on any atom is 0.166 e. The molecule has 5 aromatic carbocycles. The number of methoxy groups -OCH3 is 1. The molecule has 1 aliphatic carbocycles. The van der Waals surface area contributed by atoms with Crippen LogP contribution in [0.25, 0.3) is 91.9 Å². The van der Waals surface area contributed by atoms with Crippen LogP contribution in [0.3, 0.4) is 0 Å². The van der Waals surface area contributed by atoms with Gasteiger partial charge in [0.1, 0.15) is 58.1 Å². The Morgan fingerprint density at radius 2 is 0.755 bits per heavy atom. The zero-order chi connectivity index (χ0) is 104. The van der Waals surface area contributed by atoms with Gasteiger partial charge in [-0.15, -0.1) is 68.0 Å². The lowest BCUT2D eigenvalue weighted by molar-refractivity contribution is 0.357. The number of anilines is 3. The van der Waals surface area contributed by atoms with Crippen molar-refractivity contribution in [1.82, 2.24) is 75.2 Å². The van der Waals surface area contributed by atoms with Crippen LogP contribution in [0, 0.1) is 136 Å². The summed E-state index contributed by atoms with van der Waals surface area (Å²) in [6, 6.07) is 41.5. The number of benzene rings is 5. The number of hydrogen-bond donors (Lipinski definition) is 6. The van der Waals surface area contributed by atoms with Gasteiger partial charge in [0.2, 0.25) is 0 Å². The van der Waals surface area contributed by atoms with Crippen molar-refractivity contribution in [3.05, 3.63) is 302 Å². The molecule has 1 fully saturated rings. The summed E-state index contributed by atoms with van der Waals surface area (Å²) in [4.78, 5) is 52.3. The minimum atomic E-state index is -0.176. The van der Waals surface area contributed by atoms with Crippen LogP contribution in [-0.4, -0.2) is 90.4 Å². The molecule has 0 spiro atoms. The number of rotatable bonds is 16. The summed E-state index contributed by atoms with van der Waals surface area (Å²) in [6.07, 6.45) is 6.88. The molecule has 4 aliphatic rings. The molecule has 147 heavy (non-hydrogen) atoms. The average molecular weight is 2130 g/mol. The topological polar surface area (TPSA) is 249 Å². The smallest absolute Gasteiger partial charge is 0.166 e. The summed E-state index contributed by atoms with van der Waals surface area (Å²) in [6.45, 7) is 44.0. The third-order valence-electron chi connectivity index (χ3n) is 27.6. The van der Waals surface area contributed by atoms with E-state index in [0.29, 0.717) is 25.2 Å². The molecule has 0 unspecified atom stereocenters. The number of thiophene rings is 6.